The van der Waals surface area contributed by atoms with Gasteiger partial charge in [-0.15, -0.1) is 0 Å². The summed E-state index contributed by atoms with van der Waals surface area (Å²) in [5.41, 5.74) is 0. The molecule has 0 aromatic carbocycles. The molecule has 0 spiro atoms. The molecule has 6 heteroatoms. The number of carbonyl (C=O) groups is 3. The molecule has 0 bridgehead atoms. The molecular weight excluding hydrogens is 889 g/mol. The minimum atomic E-state index is -0.778. The average Bonchev–Trinajstić information content (AvgIpc) is 3.38. The van der Waals surface area contributed by atoms with Crippen molar-refractivity contribution in [2.24, 2.45) is 0 Å². The van der Waals surface area contributed by atoms with Gasteiger partial charge in [-0.1, -0.05) is 307 Å². The summed E-state index contributed by atoms with van der Waals surface area (Å²) in [4.78, 5) is 38.3. The van der Waals surface area contributed by atoms with Crippen LogP contribution in [-0.2, 0) is 28.6 Å². The van der Waals surface area contributed by atoms with E-state index in [1.807, 2.05) is 0 Å². The van der Waals surface area contributed by atoms with Crippen LogP contribution in [-0.4, -0.2) is 37.2 Å². The van der Waals surface area contributed by atoms with E-state index in [-0.39, 0.29) is 31.1 Å². The Bertz CT molecular complexity index is 1250. The van der Waals surface area contributed by atoms with Crippen LogP contribution in [0, 0.1) is 0 Å². The van der Waals surface area contributed by atoms with Crippen molar-refractivity contribution in [1.29, 1.82) is 0 Å². The van der Waals surface area contributed by atoms with Crippen LogP contribution in [0.4, 0.5) is 0 Å². The molecule has 0 N–H and O–H groups in total. The highest BCUT2D eigenvalue weighted by Crippen LogP contribution is 2.18. The molecule has 0 aliphatic heterocycles. The third-order valence-corrected chi connectivity index (χ3v) is 14.1. The summed E-state index contributed by atoms with van der Waals surface area (Å²) in [6.07, 6.45) is 75.4. The summed E-state index contributed by atoms with van der Waals surface area (Å²) in [5.74, 6) is -0.866. The fraction of sp³-hybridized carbons (Fsp3) is 0.833. The van der Waals surface area contributed by atoms with Gasteiger partial charge in [-0.05, 0) is 57.8 Å². The largest absolute Gasteiger partial charge is 0.462 e. The minimum absolute atomic E-state index is 0.0742. The van der Waals surface area contributed by atoms with Crippen LogP contribution >= 0.6 is 0 Å². The first-order valence-electron chi connectivity index (χ1n) is 31.6. The van der Waals surface area contributed by atoms with Crippen molar-refractivity contribution in [2.75, 3.05) is 13.2 Å². The number of unbranched alkanes of at least 4 members (excludes halogenated alkanes) is 39. The summed E-state index contributed by atoms with van der Waals surface area (Å²) in [6, 6.07) is 0. The van der Waals surface area contributed by atoms with Crippen LogP contribution in [0.5, 0.6) is 0 Å². The third kappa shape index (κ3) is 58.3. The second-order valence-corrected chi connectivity index (χ2v) is 21.3. The van der Waals surface area contributed by atoms with Gasteiger partial charge in [-0.2, -0.15) is 0 Å². The highest BCUT2D eigenvalue weighted by Gasteiger charge is 2.19. The van der Waals surface area contributed by atoms with Crippen molar-refractivity contribution < 1.29 is 28.6 Å². The lowest BCUT2D eigenvalue weighted by Crippen LogP contribution is -2.30. The average molecular weight is 1010 g/mol. The van der Waals surface area contributed by atoms with Crippen molar-refractivity contribution in [3.05, 3.63) is 48.6 Å². The van der Waals surface area contributed by atoms with Gasteiger partial charge in [0.1, 0.15) is 13.2 Å². The molecule has 0 heterocycles. The smallest absolute Gasteiger partial charge is 0.306 e. The summed E-state index contributed by atoms with van der Waals surface area (Å²) >= 11 is 0. The van der Waals surface area contributed by atoms with Crippen LogP contribution in [0.3, 0.4) is 0 Å². The van der Waals surface area contributed by atoms with Crippen LogP contribution in [0.25, 0.3) is 0 Å². The predicted octanol–water partition coefficient (Wildman–Crippen LogP) is 21.4. The first-order valence-corrected chi connectivity index (χ1v) is 31.6. The Hall–Kier alpha value is -2.63. The monoisotopic (exact) mass is 1010 g/mol. The second-order valence-electron chi connectivity index (χ2n) is 21.3. The Kier molecular flexibility index (Phi) is 58.7. The lowest BCUT2D eigenvalue weighted by atomic mass is 10.0. The minimum Gasteiger partial charge on any atom is -0.462 e. The molecule has 1 atom stereocenters. The molecule has 0 amide bonds. The lowest BCUT2D eigenvalue weighted by molar-refractivity contribution is -0.167. The van der Waals surface area contributed by atoms with Crippen LogP contribution in [0.15, 0.2) is 48.6 Å². The molecule has 0 aliphatic rings. The van der Waals surface area contributed by atoms with Gasteiger partial charge >= 0.3 is 17.9 Å². The van der Waals surface area contributed by atoms with Gasteiger partial charge in [-0.3, -0.25) is 14.4 Å². The van der Waals surface area contributed by atoms with Crippen molar-refractivity contribution >= 4 is 17.9 Å². The maximum absolute atomic E-state index is 12.9. The normalized spacial score (nSPS) is 12.3. The zero-order chi connectivity index (χ0) is 52.2. The van der Waals surface area contributed by atoms with Gasteiger partial charge in [0.05, 0.1) is 0 Å². The fourth-order valence-electron chi connectivity index (χ4n) is 9.38. The van der Waals surface area contributed by atoms with E-state index in [4.69, 9.17) is 14.2 Å². The van der Waals surface area contributed by atoms with Gasteiger partial charge in [-0.25, -0.2) is 0 Å². The molecule has 6 nitrogen and oxygen atoms in total. The Balaban J connectivity index is 4.32. The molecule has 72 heavy (non-hydrogen) atoms. The van der Waals surface area contributed by atoms with Crippen molar-refractivity contribution in [2.45, 2.75) is 341 Å². The number of rotatable bonds is 58. The summed E-state index contributed by atoms with van der Waals surface area (Å²) < 4.78 is 16.9. The maximum atomic E-state index is 12.9. The molecule has 0 radical (unpaired) electrons. The number of hydrogen-bond donors (Lipinski definition) is 0. The summed E-state index contributed by atoms with van der Waals surface area (Å²) in [6.45, 7) is 6.57. The van der Waals surface area contributed by atoms with E-state index in [9.17, 15) is 14.4 Å². The molecule has 0 aromatic heterocycles. The maximum Gasteiger partial charge on any atom is 0.306 e. The van der Waals surface area contributed by atoms with E-state index in [1.165, 1.54) is 199 Å². The van der Waals surface area contributed by atoms with E-state index in [2.05, 4.69) is 69.4 Å². The van der Waals surface area contributed by atoms with E-state index >= 15 is 0 Å². The zero-order valence-electron chi connectivity index (χ0n) is 48.2. The molecule has 0 fully saturated rings. The number of ether oxygens (including phenoxy) is 3. The first kappa shape index (κ1) is 69.4. The molecule has 420 valence electrons. The van der Waals surface area contributed by atoms with Gasteiger partial charge in [0.2, 0.25) is 0 Å². The highest BCUT2D eigenvalue weighted by atomic mass is 16.6. The van der Waals surface area contributed by atoms with E-state index in [0.717, 1.165) is 96.3 Å². The Morgan fingerprint density at radius 3 is 0.847 bits per heavy atom. The zero-order valence-corrected chi connectivity index (χ0v) is 48.2. The quantitative estimate of drug-likeness (QED) is 0.0261. The second kappa shape index (κ2) is 60.9. The van der Waals surface area contributed by atoms with Crippen LogP contribution in [0.1, 0.15) is 335 Å². The topological polar surface area (TPSA) is 78.9 Å². The van der Waals surface area contributed by atoms with Crippen molar-refractivity contribution in [3.8, 4) is 0 Å². The highest BCUT2D eigenvalue weighted by molar-refractivity contribution is 5.71. The first-order chi connectivity index (χ1) is 35.5. The molecule has 0 saturated heterocycles. The van der Waals surface area contributed by atoms with E-state index < -0.39 is 6.10 Å². The molecule has 0 saturated carbocycles. The molecular formula is C66H120O6. The number of esters is 3. The van der Waals surface area contributed by atoms with Gasteiger partial charge in [0.25, 0.3) is 0 Å². The Morgan fingerprint density at radius 2 is 0.542 bits per heavy atom. The fourth-order valence-corrected chi connectivity index (χ4v) is 9.38. The predicted molar refractivity (Wildman–Crippen MR) is 312 cm³/mol. The summed E-state index contributed by atoms with van der Waals surface area (Å²) in [7, 11) is 0. The number of allylic oxidation sites excluding steroid dienone is 8. The Labute approximate surface area is 448 Å². The SMILES string of the molecule is CC/C=C\C/C=C\C/C=C\C/C=C\CCCCCCCCC(=O)OC(COC(=O)CCCCCCCCCCCCCCCC)COC(=O)CCCCCCCCCCCCCCCCCCCCCCC. The number of carbonyl (C=O) groups excluding carboxylic acids is 3. The van der Waals surface area contributed by atoms with E-state index in [1.54, 1.807) is 0 Å². The third-order valence-electron chi connectivity index (χ3n) is 14.1. The Morgan fingerprint density at radius 1 is 0.292 bits per heavy atom. The molecule has 0 rings (SSSR count). The van der Waals surface area contributed by atoms with Crippen LogP contribution in [0.2, 0.25) is 0 Å². The van der Waals surface area contributed by atoms with Gasteiger partial charge in [0.15, 0.2) is 6.10 Å². The van der Waals surface area contributed by atoms with Crippen LogP contribution < -0.4 is 0 Å². The standard InChI is InChI=1S/C66H120O6/c1-4-7-10-13-16-19-22-25-28-30-32-33-35-36-38-41-44-47-50-53-56-59-65(68)71-62-63(61-70-64(67)58-55-52-49-46-43-40-27-24-21-18-15-12-9-6-3)72-66(69)60-57-54-51-48-45-42-39-37-34-31-29-26-23-20-17-14-11-8-5-2/h8,11,17,20,26,29,34,37,63H,4-7,9-10,12-16,18-19,21-25,27-28,30-33,35-36,38-62H2,1-3H3/b11-8-,20-17-,29-26-,37-34-. The summed E-state index contributed by atoms with van der Waals surface area (Å²) in [5, 5.41) is 0. The lowest BCUT2D eigenvalue weighted by Gasteiger charge is -2.18. The number of hydrogen-bond acceptors (Lipinski definition) is 6. The van der Waals surface area contributed by atoms with Gasteiger partial charge < -0.3 is 14.2 Å². The van der Waals surface area contributed by atoms with Crippen molar-refractivity contribution in [3.63, 3.8) is 0 Å². The van der Waals surface area contributed by atoms with Crippen molar-refractivity contribution in [1.82, 2.24) is 0 Å². The molecule has 1 unspecified atom stereocenters. The molecule has 0 aromatic rings. The van der Waals surface area contributed by atoms with E-state index in [0.29, 0.717) is 19.3 Å². The molecule has 0 aliphatic carbocycles. The van der Waals surface area contributed by atoms with Gasteiger partial charge in [0, 0.05) is 19.3 Å².